The number of aromatic amines is 1. The van der Waals surface area contributed by atoms with E-state index in [2.05, 4.69) is 56.2 Å². The number of aryl methyl sites for hydroxylation is 3. The van der Waals surface area contributed by atoms with Crippen molar-refractivity contribution in [3.63, 3.8) is 0 Å². The van der Waals surface area contributed by atoms with E-state index in [4.69, 9.17) is 4.42 Å². The molecule has 2 N–H and O–H groups in total. The summed E-state index contributed by atoms with van der Waals surface area (Å²) in [6, 6.07) is 6.87. The summed E-state index contributed by atoms with van der Waals surface area (Å²) in [5.41, 5.74) is 8.48. The standard InChI is InChI=1S/C23H30N2O/c1-5-17-12-24-13-21-22(17)20-11-14(2)10-18(23(20)25-21)7-6-15(3)19-8-9-26-16(19)4/h8-11,15,17,24-25H,5-7,12-13H2,1-4H3. The lowest BCUT2D eigenvalue weighted by molar-refractivity contribution is 0.523. The fraction of sp³-hybridized carbons (Fsp3) is 0.478. The Hall–Kier alpha value is -2.00. The first kappa shape index (κ1) is 17.4. The minimum atomic E-state index is 0.513. The van der Waals surface area contributed by atoms with E-state index in [1.54, 1.807) is 5.56 Å². The van der Waals surface area contributed by atoms with Crippen LogP contribution < -0.4 is 5.32 Å². The van der Waals surface area contributed by atoms with E-state index >= 15 is 0 Å². The van der Waals surface area contributed by atoms with Crippen molar-refractivity contribution in [2.45, 2.75) is 65.3 Å². The van der Waals surface area contributed by atoms with Gasteiger partial charge in [0.2, 0.25) is 0 Å². The highest BCUT2D eigenvalue weighted by molar-refractivity contribution is 5.89. The zero-order valence-electron chi connectivity index (χ0n) is 16.4. The largest absolute Gasteiger partial charge is 0.469 e. The van der Waals surface area contributed by atoms with Crippen LogP contribution in [-0.4, -0.2) is 11.5 Å². The third kappa shape index (κ3) is 2.99. The summed E-state index contributed by atoms with van der Waals surface area (Å²) in [5.74, 6) is 2.19. The number of hydrogen-bond acceptors (Lipinski definition) is 2. The summed E-state index contributed by atoms with van der Waals surface area (Å²) in [7, 11) is 0. The fourth-order valence-electron chi connectivity index (χ4n) is 4.66. The van der Waals surface area contributed by atoms with Gasteiger partial charge in [0, 0.05) is 29.7 Å². The van der Waals surface area contributed by atoms with Crippen molar-refractivity contribution in [2.75, 3.05) is 6.54 Å². The molecule has 0 fully saturated rings. The average molecular weight is 351 g/mol. The fourth-order valence-corrected chi connectivity index (χ4v) is 4.66. The van der Waals surface area contributed by atoms with Crippen LogP contribution >= 0.6 is 0 Å². The lowest BCUT2D eigenvalue weighted by Crippen LogP contribution is -2.27. The van der Waals surface area contributed by atoms with Gasteiger partial charge in [0.15, 0.2) is 0 Å². The normalized spacial score (nSPS) is 18.2. The van der Waals surface area contributed by atoms with Gasteiger partial charge in [0.25, 0.3) is 0 Å². The van der Waals surface area contributed by atoms with Crippen LogP contribution in [-0.2, 0) is 13.0 Å². The third-order valence-corrected chi connectivity index (χ3v) is 6.13. The Morgan fingerprint density at radius 1 is 1.27 bits per heavy atom. The molecular weight excluding hydrogens is 320 g/mol. The molecule has 0 amide bonds. The van der Waals surface area contributed by atoms with Crippen molar-refractivity contribution < 1.29 is 4.42 Å². The first-order valence-corrected chi connectivity index (χ1v) is 9.97. The predicted molar refractivity (Wildman–Crippen MR) is 108 cm³/mol. The van der Waals surface area contributed by atoms with E-state index in [-0.39, 0.29) is 0 Å². The third-order valence-electron chi connectivity index (χ3n) is 6.13. The minimum Gasteiger partial charge on any atom is -0.469 e. The molecule has 3 aromatic rings. The highest BCUT2D eigenvalue weighted by atomic mass is 16.3. The number of nitrogens with one attached hydrogen (secondary N) is 2. The zero-order valence-corrected chi connectivity index (χ0v) is 16.4. The van der Waals surface area contributed by atoms with Gasteiger partial charge >= 0.3 is 0 Å². The number of aromatic nitrogens is 1. The van der Waals surface area contributed by atoms with Crippen LogP contribution in [0.4, 0.5) is 0 Å². The molecule has 3 heterocycles. The van der Waals surface area contributed by atoms with Crippen LogP contribution in [0.3, 0.4) is 0 Å². The monoisotopic (exact) mass is 350 g/mol. The number of rotatable bonds is 5. The van der Waals surface area contributed by atoms with Gasteiger partial charge in [0.1, 0.15) is 5.76 Å². The topological polar surface area (TPSA) is 41.0 Å². The Kier molecular flexibility index (Phi) is 4.66. The summed E-state index contributed by atoms with van der Waals surface area (Å²) in [4.78, 5) is 3.77. The summed E-state index contributed by atoms with van der Waals surface area (Å²) < 4.78 is 5.49. The number of furan rings is 1. The van der Waals surface area contributed by atoms with E-state index in [9.17, 15) is 0 Å². The van der Waals surface area contributed by atoms with Crippen LogP contribution in [0.25, 0.3) is 10.9 Å². The van der Waals surface area contributed by atoms with Crippen molar-refractivity contribution in [3.05, 3.63) is 58.2 Å². The average Bonchev–Trinajstić information content (AvgIpc) is 3.22. The van der Waals surface area contributed by atoms with E-state index in [1.807, 2.05) is 6.26 Å². The summed E-state index contributed by atoms with van der Waals surface area (Å²) >= 11 is 0. The molecule has 0 saturated heterocycles. The van der Waals surface area contributed by atoms with Gasteiger partial charge in [-0.2, -0.15) is 0 Å². The molecule has 0 saturated carbocycles. The highest BCUT2D eigenvalue weighted by Gasteiger charge is 2.24. The minimum absolute atomic E-state index is 0.513. The van der Waals surface area contributed by atoms with Crippen molar-refractivity contribution in [3.8, 4) is 0 Å². The van der Waals surface area contributed by atoms with Gasteiger partial charge in [-0.05, 0) is 73.8 Å². The molecule has 3 nitrogen and oxygen atoms in total. The van der Waals surface area contributed by atoms with Gasteiger partial charge in [-0.1, -0.05) is 25.5 Å². The second kappa shape index (κ2) is 6.96. The van der Waals surface area contributed by atoms with Crippen molar-refractivity contribution in [1.82, 2.24) is 10.3 Å². The van der Waals surface area contributed by atoms with E-state index < -0.39 is 0 Å². The van der Waals surface area contributed by atoms with E-state index in [1.165, 1.54) is 39.7 Å². The molecule has 0 radical (unpaired) electrons. The van der Waals surface area contributed by atoms with E-state index in [0.717, 1.165) is 31.7 Å². The van der Waals surface area contributed by atoms with E-state index in [0.29, 0.717) is 11.8 Å². The number of fused-ring (bicyclic) bond motifs is 3. The maximum atomic E-state index is 5.49. The molecule has 138 valence electrons. The summed E-state index contributed by atoms with van der Waals surface area (Å²) in [6.45, 7) is 11.0. The van der Waals surface area contributed by atoms with Gasteiger partial charge in [0.05, 0.1) is 6.26 Å². The molecule has 3 heteroatoms. The Balaban J connectivity index is 1.67. The Labute approximate surface area is 156 Å². The Bertz CT molecular complexity index is 918. The molecule has 1 aromatic carbocycles. The zero-order chi connectivity index (χ0) is 18.3. The van der Waals surface area contributed by atoms with Crippen LogP contribution in [0, 0.1) is 13.8 Å². The predicted octanol–water partition coefficient (Wildman–Crippen LogP) is 5.71. The van der Waals surface area contributed by atoms with Gasteiger partial charge in [-0.15, -0.1) is 0 Å². The summed E-state index contributed by atoms with van der Waals surface area (Å²) in [5, 5.41) is 5.02. The van der Waals surface area contributed by atoms with Crippen LogP contribution in [0.15, 0.2) is 28.9 Å². The van der Waals surface area contributed by atoms with Gasteiger partial charge in [-0.3, -0.25) is 0 Å². The van der Waals surface area contributed by atoms with Crippen molar-refractivity contribution in [1.29, 1.82) is 0 Å². The van der Waals surface area contributed by atoms with Gasteiger partial charge in [-0.25, -0.2) is 0 Å². The van der Waals surface area contributed by atoms with Crippen molar-refractivity contribution >= 4 is 10.9 Å². The summed E-state index contributed by atoms with van der Waals surface area (Å²) in [6.07, 6.45) is 5.22. The molecule has 0 aliphatic carbocycles. The maximum absolute atomic E-state index is 5.49. The molecule has 4 rings (SSSR count). The maximum Gasteiger partial charge on any atom is 0.104 e. The lowest BCUT2D eigenvalue weighted by atomic mass is 9.89. The van der Waals surface area contributed by atoms with Crippen molar-refractivity contribution in [2.24, 2.45) is 0 Å². The molecule has 2 unspecified atom stereocenters. The Morgan fingerprint density at radius 2 is 2.12 bits per heavy atom. The molecule has 0 spiro atoms. The number of hydrogen-bond donors (Lipinski definition) is 2. The molecule has 0 bridgehead atoms. The SMILES string of the molecule is CCC1CNCc2[nH]c3c(CCC(C)c4ccoc4C)cc(C)cc3c21. The highest BCUT2D eigenvalue weighted by Crippen LogP contribution is 2.36. The second-order valence-electron chi connectivity index (χ2n) is 7.97. The molecule has 26 heavy (non-hydrogen) atoms. The second-order valence-corrected chi connectivity index (χ2v) is 7.97. The first-order valence-electron chi connectivity index (χ1n) is 9.97. The molecule has 1 aliphatic heterocycles. The lowest BCUT2D eigenvalue weighted by Gasteiger charge is -2.22. The molecule has 2 aromatic heterocycles. The van der Waals surface area contributed by atoms with Crippen LogP contribution in [0.5, 0.6) is 0 Å². The van der Waals surface area contributed by atoms with Crippen LogP contribution in [0.1, 0.15) is 72.2 Å². The van der Waals surface area contributed by atoms with Gasteiger partial charge < -0.3 is 14.7 Å². The molecular formula is C23H30N2O. The molecule has 2 atom stereocenters. The van der Waals surface area contributed by atoms with Crippen LogP contribution in [0.2, 0.25) is 0 Å². The number of H-pyrrole nitrogens is 1. The first-order chi connectivity index (χ1) is 12.6. The Morgan fingerprint density at radius 3 is 2.85 bits per heavy atom. The molecule has 1 aliphatic rings. The quantitative estimate of drug-likeness (QED) is 0.619. The smallest absolute Gasteiger partial charge is 0.104 e. The number of benzene rings is 1.